The number of methoxy groups -OCH3 is 1. The summed E-state index contributed by atoms with van der Waals surface area (Å²) < 4.78 is 32.8. The third-order valence-corrected chi connectivity index (χ3v) is 3.72. The number of carbonyl (C=O) groups excluding carboxylic acids is 1. The van der Waals surface area contributed by atoms with E-state index in [0.29, 0.717) is 11.4 Å². The number of rotatable bonds is 5. The largest absolute Gasteiger partial charge is 0.495 e. The number of nitrogens with one attached hydrogen (secondary N) is 2. The quantitative estimate of drug-likeness (QED) is 0.708. The lowest BCUT2D eigenvalue weighted by atomic mass is 10.2. The predicted molar refractivity (Wildman–Crippen MR) is 97.4 cm³/mol. The van der Waals surface area contributed by atoms with Crippen molar-refractivity contribution in [1.29, 1.82) is 0 Å². The van der Waals surface area contributed by atoms with Crippen molar-refractivity contribution in [2.24, 2.45) is 0 Å². The first-order valence-electron chi connectivity index (χ1n) is 7.97. The molecular formula is C19H16F2N4O2. The Morgan fingerprint density at radius 1 is 1.07 bits per heavy atom. The van der Waals surface area contributed by atoms with Gasteiger partial charge in [-0.1, -0.05) is 12.1 Å². The summed E-state index contributed by atoms with van der Waals surface area (Å²) in [6, 6.07) is 10.1. The van der Waals surface area contributed by atoms with E-state index in [1.54, 1.807) is 12.1 Å². The third kappa shape index (κ3) is 4.17. The first kappa shape index (κ1) is 18.2. The molecule has 3 aromatic rings. The van der Waals surface area contributed by atoms with Crippen LogP contribution in [0, 0.1) is 18.6 Å². The Labute approximate surface area is 154 Å². The van der Waals surface area contributed by atoms with E-state index in [1.807, 2.05) is 13.0 Å². The molecule has 27 heavy (non-hydrogen) atoms. The zero-order chi connectivity index (χ0) is 19.4. The molecule has 1 aromatic heterocycles. The Kier molecular flexibility index (Phi) is 5.25. The van der Waals surface area contributed by atoms with Gasteiger partial charge in [0.25, 0.3) is 5.91 Å². The number of aryl methyl sites for hydroxylation is 1. The number of carbonyl (C=O) groups is 1. The van der Waals surface area contributed by atoms with Gasteiger partial charge in [-0.15, -0.1) is 0 Å². The molecule has 0 fully saturated rings. The summed E-state index contributed by atoms with van der Waals surface area (Å²) in [7, 11) is 1.50. The molecular weight excluding hydrogens is 354 g/mol. The average Bonchev–Trinajstić information content (AvgIpc) is 2.65. The van der Waals surface area contributed by atoms with Crippen LogP contribution in [0.3, 0.4) is 0 Å². The molecule has 138 valence electrons. The van der Waals surface area contributed by atoms with E-state index < -0.39 is 17.5 Å². The highest BCUT2D eigenvalue weighted by atomic mass is 19.1. The van der Waals surface area contributed by atoms with Crippen LogP contribution in [0.4, 0.5) is 26.0 Å². The molecule has 0 aliphatic carbocycles. The average molecular weight is 370 g/mol. The van der Waals surface area contributed by atoms with Crippen molar-refractivity contribution in [2.75, 3.05) is 17.7 Å². The van der Waals surface area contributed by atoms with Crippen LogP contribution >= 0.6 is 0 Å². The van der Waals surface area contributed by atoms with Gasteiger partial charge in [0.1, 0.15) is 40.9 Å². The van der Waals surface area contributed by atoms with Gasteiger partial charge in [0.2, 0.25) is 0 Å². The van der Waals surface area contributed by atoms with Crippen LogP contribution in [0.2, 0.25) is 0 Å². The number of ether oxygens (including phenoxy) is 1. The zero-order valence-electron chi connectivity index (χ0n) is 14.6. The van der Waals surface area contributed by atoms with Crippen LogP contribution < -0.4 is 15.4 Å². The molecule has 0 radical (unpaired) electrons. The minimum absolute atomic E-state index is 0.0211. The van der Waals surface area contributed by atoms with Crippen molar-refractivity contribution >= 4 is 23.1 Å². The Morgan fingerprint density at radius 3 is 2.52 bits per heavy atom. The van der Waals surface area contributed by atoms with E-state index in [4.69, 9.17) is 4.74 Å². The summed E-state index contributed by atoms with van der Waals surface area (Å²) in [5.74, 6) is -1.49. The second-order valence-electron chi connectivity index (χ2n) is 5.67. The summed E-state index contributed by atoms with van der Waals surface area (Å²) in [6.07, 6.45) is 1.13. The summed E-state index contributed by atoms with van der Waals surface area (Å²) in [5, 5.41) is 5.23. The Morgan fingerprint density at radius 2 is 1.81 bits per heavy atom. The number of nitrogens with zero attached hydrogens (tertiary/aromatic N) is 2. The van der Waals surface area contributed by atoms with Gasteiger partial charge < -0.3 is 15.4 Å². The molecule has 1 heterocycles. The van der Waals surface area contributed by atoms with Crippen molar-refractivity contribution in [3.8, 4) is 5.75 Å². The van der Waals surface area contributed by atoms with Crippen molar-refractivity contribution in [3.63, 3.8) is 0 Å². The predicted octanol–water partition coefficient (Wildman–Crippen LogP) is 4.07. The number of benzene rings is 2. The number of anilines is 3. The first-order chi connectivity index (χ1) is 13.0. The van der Waals surface area contributed by atoms with Gasteiger partial charge in [-0.2, -0.15) is 0 Å². The fourth-order valence-corrected chi connectivity index (χ4v) is 2.40. The number of para-hydroxylation sites is 1. The molecule has 0 spiro atoms. The SMILES string of the molecule is COc1ccc(C)cc1NC(=O)c1cc(Nc2c(F)cccc2F)ncn1. The van der Waals surface area contributed by atoms with Crippen LogP contribution in [-0.2, 0) is 0 Å². The monoisotopic (exact) mass is 370 g/mol. The normalized spacial score (nSPS) is 10.4. The molecule has 2 N–H and O–H groups in total. The smallest absolute Gasteiger partial charge is 0.274 e. The highest BCUT2D eigenvalue weighted by Gasteiger charge is 2.14. The zero-order valence-corrected chi connectivity index (χ0v) is 14.6. The summed E-state index contributed by atoms with van der Waals surface area (Å²) in [6.45, 7) is 1.88. The fourth-order valence-electron chi connectivity index (χ4n) is 2.40. The third-order valence-electron chi connectivity index (χ3n) is 3.72. The number of amides is 1. The van der Waals surface area contributed by atoms with Crippen molar-refractivity contribution in [3.05, 3.63) is 71.7 Å². The molecule has 0 aliphatic heterocycles. The maximum atomic E-state index is 13.8. The number of hydrogen-bond donors (Lipinski definition) is 2. The minimum Gasteiger partial charge on any atom is -0.495 e. The molecule has 3 rings (SSSR count). The maximum absolute atomic E-state index is 13.8. The molecule has 6 nitrogen and oxygen atoms in total. The van der Waals surface area contributed by atoms with Crippen LogP contribution in [0.1, 0.15) is 16.1 Å². The standard InChI is InChI=1S/C19H16F2N4O2/c1-11-6-7-16(27-2)14(8-11)24-19(26)15-9-17(23-10-22-15)25-18-12(20)4-3-5-13(18)21/h3-10H,1-2H3,(H,24,26)(H,22,23,25). The molecule has 0 saturated carbocycles. The van der Waals surface area contributed by atoms with Gasteiger partial charge in [-0.25, -0.2) is 18.7 Å². The van der Waals surface area contributed by atoms with Gasteiger partial charge >= 0.3 is 0 Å². The lowest BCUT2D eigenvalue weighted by molar-refractivity contribution is 0.102. The van der Waals surface area contributed by atoms with E-state index in [2.05, 4.69) is 20.6 Å². The summed E-state index contributed by atoms with van der Waals surface area (Å²) in [4.78, 5) is 20.3. The molecule has 2 aromatic carbocycles. The first-order valence-corrected chi connectivity index (χ1v) is 7.97. The Hall–Kier alpha value is -3.55. The Balaban J connectivity index is 1.83. The second kappa shape index (κ2) is 7.77. The molecule has 0 unspecified atom stereocenters. The van der Waals surface area contributed by atoms with E-state index in [9.17, 15) is 13.6 Å². The van der Waals surface area contributed by atoms with Crippen LogP contribution in [0.15, 0.2) is 48.8 Å². The number of aromatic nitrogens is 2. The fraction of sp³-hybridized carbons (Fsp3) is 0.105. The lowest BCUT2D eigenvalue weighted by Gasteiger charge is -2.11. The van der Waals surface area contributed by atoms with Gasteiger partial charge in [0, 0.05) is 6.07 Å². The minimum atomic E-state index is -0.774. The number of hydrogen-bond acceptors (Lipinski definition) is 5. The molecule has 0 atom stereocenters. The van der Waals surface area contributed by atoms with E-state index >= 15 is 0 Å². The topological polar surface area (TPSA) is 76.1 Å². The highest BCUT2D eigenvalue weighted by Crippen LogP contribution is 2.26. The van der Waals surface area contributed by atoms with Crippen molar-refractivity contribution in [2.45, 2.75) is 6.92 Å². The molecule has 1 amide bonds. The van der Waals surface area contributed by atoms with Gasteiger partial charge in [0.05, 0.1) is 12.8 Å². The van der Waals surface area contributed by atoms with Gasteiger partial charge in [-0.3, -0.25) is 4.79 Å². The second-order valence-corrected chi connectivity index (χ2v) is 5.67. The van der Waals surface area contributed by atoms with E-state index in [0.717, 1.165) is 24.0 Å². The molecule has 8 heteroatoms. The lowest BCUT2D eigenvalue weighted by Crippen LogP contribution is -2.15. The van der Waals surface area contributed by atoms with Crippen molar-refractivity contribution < 1.29 is 18.3 Å². The van der Waals surface area contributed by atoms with E-state index in [1.165, 1.54) is 19.2 Å². The van der Waals surface area contributed by atoms with Gasteiger partial charge in [0.15, 0.2) is 0 Å². The highest BCUT2D eigenvalue weighted by molar-refractivity contribution is 6.04. The van der Waals surface area contributed by atoms with Crippen LogP contribution in [-0.4, -0.2) is 23.0 Å². The Bertz CT molecular complexity index is 975. The summed E-state index contributed by atoms with van der Waals surface area (Å²) >= 11 is 0. The molecule has 0 aliphatic rings. The summed E-state index contributed by atoms with van der Waals surface area (Å²) in [5.41, 5.74) is 1.08. The molecule has 0 bridgehead atoms. The molecule has 0 saturated heterocycles. The van der Waals surface area contributed by atoms with Crippen molar-refractivity contribution in [1.82, 2.24) is 9.97 Å². The van der Waals surface area contributed by atoms with Crippen LogP contribution in [0.25, 0.3) is 0 Å². The van der Waals surface area contributed by atoms with E-state index in [-0.39, 0.29) is 17.2 Å². The maximum Gasteiger partial charge on any atom is 0.274 e. The van der Waals surface area contributed by atoms with Crippen LogP contribution in [0.5, 0.6) is 5.75 Å². The van der Waals surface area contributed by atoms with Gasteiger partial charge in [-0.05, 0) is 36.8 Å². The number of halogens is 2.